The van der Waals surface area contributed by atoms with Crippen molar-refractivity contribution in [2.24, 2.45) is 11.7 Å². The summed E-state index contributed by atoms with van der Waals surface area (Å²) in [5.74, 6) is -2.28. The van der Waals surface area contributed by atoms with Gasteiger partial charge in [-0.2, -0.15) is 0 Å². The Bertz CT molecular complexity index is 732. The molecule has 36 heavy (non-hydrogen) atoms. The number of hydrogen-bond acceptors (Lipinski definition) is 6. The monoisotopic (exact) mass is 506 g/mol. The summed E-state index contributed by atoms with van der Waals surface area (Å²) < 4.78 is 11.1. The number of carbonyl (C=O) groups is 4. The Morgan fingerprint density at radius 3 is 2.36 bits per heavy atom. The number of cyclic esters (lactones) is 1. The molecule has 0 aliphatic carbocycles. The van der Waals surface area contributed by atoms with Gasteiger partial charge < -0.3 is 20.5 Å². The van der Waals surface area contributed by atoms with Crippen molar-refractivity contribution < 1.29 is 28.7 Å². The van der Waals surface area contributed by atoms with Gasteiger partial charge in [0, 0.05) is 19.8 Å². The van der Waals surface area contributed by atoms with E-state index in [1.165, 1.54) is 26.2 Å². The van der Waals surface area contributed by atoms with E-state index in [2.05, 4.69) is 31.3 Å². The number of carbonyl (C=O) groups excluding carboxylic acids is 4. The first-order chi connectivity index (χ1) is 17.3. The molecule has 2 amide bonds. The average Bonchev–Trinajstić information content (AvgIpc) is 2.81. The van der Waals surface area contributed by atoms with E-state index >= 15 is 0 Å². The van der Waals surface area contributed by atoms with E-state index in [9.17, 15) is 19.2 Å². The molecule has 1 aliphatic heterocycles. The fourth-order valence-electron chi connectivity index (χ4n) is 4.19. The second-order valence-corrected chi connectivity index (χ2v) is 9.56. The van der Waals surface area contributed by atoms with Crippen LogP contribution in [0.3, 0.4) is 0 Å². The lowest BCUT2D eigenvalue weighted by Crippen LogP contribution is -2.48. The molecule has 0 aromatic heterocycles. The summed E-state index contributed by atoms with van der Waals surface area (Å²) in [6.45, 7) is 5.58. The maximum absolute atomic E-state index is 12.8. The topological polar surface area (TPSA) is 125 Å². The van der Waals surface area contributed by atoms with Gasteiger partial charge in [-0.15, -0.1) is 0 Å². The van der Waals surface area contributed by atoms with Crippen LogP contribution >= 0.6 is 0 Å². The average molecular weight is 507 g/mol. The molecule has 204 valence electrons. The fourth-order valence-corrected chi connectivity index (χ4v) is 4.19. The van der Waals surface area contributed by atoms with E-state index < -0.39 is 29.9 Å². The number of hydrogen-bond donors (Lipinski definition) is 2. The molecule has 0 spiro atoms. The largest absolute Gasteiger partial charge is 0.461 e. The number of unbranched alkanes of at least 4 members (excludes halogenated alkanes) is 6. The second kappa shape index (κ2) is 18.6. The Balaban J connectivity index is 2.75. The molecule has 0 unspecified atom stereocenters. The van der Waals surface area contributed by atoms with Crippen LogP contribution in [0.4, 0.5) is 0 Å². The van der Waals surface area contributed by atoms with Crippen molar-refractivity contribution >= 4 is 23.8 Å². The van der Waals surface area contributed by atoms with Gasteiger partial charge in [-0.1, -0.05) is 76.7 Å². The van der Waals surface area contributed by atoms with Gasteiger partial charge in [0.05, 0.1) is 12.3 Å². The molecule has 0 bridgehead atoms. The summed E-state index contributed by atoms with van der Waals surface area (Å²) in [6.07, 6.45) is 18.4. The van der Waals surface area contributed by atoms with E-state index in [4.69, 9.17) is 15.2 Å². The SMILES string of the molecule is CCCCC/C=C/C/C=C/C[C@H](C[C@@H]1OC(=O)[C@H]1CCCCCC)OC(=O)[C@H](CC(N)=O)NC(C)=O. The van der Waals surface area contributed by atoms with Crippen molar-refractivity contribution in [2.75, 3.05) is 0 Å². The van der Waals surface area contributed by atoms with Crippen LogP contribution in [-0.4, -0.2) is 42.0 Å². The van der Waals surface area contributed by atoms with Gasteiger partial charge in [0.25, 0.3) is 0 Å². The third-order valence-corrected chi connectivity index (χ3v) is 6.21. The van der Waals surface area contributed by atoms with Crippen molar-refractivity contribution in [3.63, 3.8) is 0 Å². The van der Waals surface area contributed by atoms with E-state index in [-0.39, 0.29) is 24.4 Å². The molecule has 4 atom stereocenters. The standard InChI is InChI=1S/C28H46N2O6/c1-4-6-8-10-11-12-13-14-15-17-22(35-28(34)24(20-26(29)32)30-21(3)31)19-25-23(27(33)36-25)18-16-9-7-5-2/h11-12,14-15,22-25H,4-10,13,16-20H2,1-3H3,(H2,29,32)(H,30,31)/b12-11+,15-14+/t22-,23+,24+,25+/m1/s1. The predicted molar refractivity (Wildman–Crippen MR) is 140 cm³/mol. The maximum Gasteiger partial charge on any atom is 0.329 e. The lowest BCUT2D eigenvalue weighted by molar-refractivity contribution is -0.190. The van der Waals surface area contributed by atoms with Crippen molar-refractivity contribution in [2.45, 2.75) is 122 Å². The van der Waals surface area contributed by atoms with Crippen molar-refractivity contribution in [3.8, 4) is 0 Å². The number of rotatable bonds is 20. The first-order valence-electron chi connectivity index (χ1n) is 13.5. The minimum Gasteiger partial charge on any atom is -0.461 e. The van der Waals surface area contributed by atoms with Gasteiger partial charge in [0.15, 0.2) is 0 Å². The fraction of sp³-hybridized carbons (Fsp3) is 0.714. The highest BCUT2D eigenvalue weighted by atomic mass is 16.6. The van der Waals surface area contributed by atoms with Gasteiger partial charge in [0.2, 0.25) is 11.8 Å². The molecule has 1 aliphatic rings. The molecule has 1 saturated heterocycles. The first-order valence-corrected chi connectivity index (χ1v) is 13.5. The smallest absolute Gasteiger partial charge is 0.329 e. The zero-order valence-corrected chi connectivity index (χ0v) is 22.3. The Morgan fingerprint density at radius 2 is 1.72 bits per heavy atom. The Hall–Kier alpha value is -2.64. The molecule has 0 radical (unpaired) electrons. The Kier molecular flexibility index (Phi) is 16.2. The Labute approximate surface area is 216 Å². The number of ether oxygens (including phenoxy) is 2. The molecule has 1 rings (SSSR count). The van der Waals surface area contributed by atoms with Crippen molar-refractivity contribution in [1.29, 1.82) is 0 Å². The summed E-state index contributed by atoms with van der Waals surface area (Å²) in [5, 5.41) is 2.43. The number of nitrogens with one attached hydrogen (secondary N) is 1. The summed E-state index contributed by atoms with van der Waals surface area (Å²) in [4.78, 5) is 47.7. The van der Waals surface area contributed by atoms with Crippen LogP contribution in [0.5, 0.6) is 0 Å². The van der Waals surface area contributed by atoms with Crippen LogP contribution in [0.2, 0.25) is 0 Å². The zero-order chi connectivity index (χ0) is 26.8. The van der Waals surface area contributed by atoms with E-state index in [1.54, 1.807) is 0 Å². The summed E-state index contributed by atoms with van der Waals surface area (Å²) in [5.41, 5.74) is 5.24. The van der Waals surface area contributed by atoms with Crippen LogP contribution in [0, 0.1) is 5.92 Å². The highest BCUT2D eigenvalue weighted by molar-refractivity contribution is 5.88. The number of esters is 2. The predicted octanol–water partition coefficient (Wildman–Crippen LogP) is 4.65. The molecule has 0 aromatic rings. The van der Waals surface area contributed by atoms with Crippen LogP contribution in [0.25, 0.3) is 0 Å². The highest BCUT2D eigenvalue weighted by Gasteiger charge is 2.43. The third-order valence-electron chi connectivity index (χ3n) is 6.21. The summed E-state index contributed by atoms with van der Waals surface area (Å²) >= 11 is 0. The minimum atomic E-state index is -1.15. The van der Waals surface area contributed by atoms with E-state index in [0.717, 1.165) is 44.9 Å². The van der Waals surface area contributed by atoms with Crippen molar-refractivity contribution in [3.05, 3.63) is 24.3 Å². The second-order valence-electron chi connectivity index (χ2n) is 9.56. The summed E-state index contributed by atoms with van der Waals surface area (Å²) in [7, 11) is 0. The van der Waals surface area contributed by atoms with Crippen LogP contribution in [0.1, 0.15) is 104 Å². The lowest BCUT2D eigenvalue weighted by Gasteiger charge is -2.37. The maximum atomic E-state index is 12.8. The zero-order valence-electron chi connectivity index (χ0n) is 22.3. The molecule has 0 aromatic carbocycles. The van der Waals surface area contributed by atoms with Gasteiger partial charge in [-0.05, 0) is 25.7 Å². The lowest BCUT2D eigenvalue weighted by atomic mass is 9.87. The van der Waals surface area contributed by atoms with Gasteiger partial charge >= 0.3 is 11.9 Å². The van der Waals surface area contributed by atoms with E-state index in [0.29, 0.717) is 12.8 Å². The third kappa shape index (κ3) is 13.4. The van der Waals surface area contributed by atoms with Crippen LogP contribution in [-0.2, 0) is 28.7 Å². The number of allylic oxidation sites excluding steroid dienone is 3. The summed E-state index contributed by atoms with van der Waals surface area (Å²) in [6, 6.07) is -1.15. The molecule has 8 nitrogen and oxygen atoms in total. The van der Waals surface area contributed by atoms with Gasteiger partial charge in [-0.25, -0.2) is 4.79 Å². The number of nitrogens with two attached hydrogens (primary N) is 1. The Morgan fingerprint density at radius 1 is 1.03 bits per heavy atom. The number of amides is 2. The van der Waals surface area contributed by atoms with Gasteiger partial charge in [0.1, 0.15) is 18.2 Å². The minimum absolute atomic E-state index is 0.185. The van der Waals surface area contributed by atoms with Crippen LogP contribution in [0.15, 0.2) is 24.3 Å². The van der Waals surface area contributed by atoms with Crippen LogP contribution < -0.4 is 11.1 Å². The molecular formula is C28H46N2O6. The normalized spacial score (nSPS) is 19.0. The number of primary amides is 1. The molecule has 8 heteroatoms. The first kappa shape index (κ1) is 31.4. The molecule has 0 saturated carbocycles. The highest BCUT2D eigenvalue weighted by Crippen LogP contribution is 2.32. The molecule has 3 N–H and O–H groups in total. The van der Waals surface area contributed by atoms with E-state index in [1.807, 2.05) is 12.2 Å². The molecular weight excluding hydrogens is 460 g/mol. The molecule has 1 fully saturated rings. The quantitative estimate of drug-likeness (QED) is 0.141. The molecule has 1 heterocycles. The van der Waals surface area contributed by atoms with Gasteiger partial charge in [-0.3, -0.25) is 14.4 Å². The van der Waals surface area contributed by atoms with Crippen molar-refractivity contribution in [1.82, 2.24) is 5.32 Å².